The van der Waals surface area contributed by atoms with Crippen molar-refractivity contribution < 1.29 is 19.5 Å². The van der Waals surface area contributed by atoms with Gasteiger partial charge in [0.25, 0.3) is 5.91 Å². The van der Waals surface area contributed by atoms with Crippen molar-refractivity contribution in [2.24, 2.45) is 10.3 Å². The third-order valence-electron chi connectivity index (χ3n) is 2.27. The number of carbonyl (C=O) groups is 2. The molecule has 0 unspecified atom stereocenters. The number of ether oxygens (including phenoxy) is 1. The monoisotopic (exact) mass is 277 g/mol. The van der Waals surface area contributed by atoms with Gasteiger partial charge in [0.15, 0.2) is 0 Å². The minimum Gasteiger partial charge on any atom is -0.461 e. The standard InChI is InChI=1S/C13H15N3O4/c1-3-20-13(18)11(16-19)9(2)14-15-12(17)10-7-5-4-6-8-10/h4-8,19H,3H2,1-2H3,(H,15,17). The number of benzene rings is 1. The molecule has 7 heteroatoms. The van der Waals surface area contributed by atoms with Gasteiger partial charge in [-0.3, -0.25) is 4.79 Å². The van der Waals surface area contributed by atoms with Crippen LogP contribution in [0, 0.1) is 0 Å². The fraction of sp³-hybridized carbons (Fsp3) is 0.231. The molecule has 106 valence electrons. The zero-order valence-corrected chi connectivity index (χ0v) is 11.2. The molecule has 1 amide bonds. The van der Waals surface area contributed by atoms with Crippen LogP contribution < -0.4 is 5.43 Å². The maximum atomic E-state index is 11.7. The molecular weight excluding hydrogens is 262 g/mol. The van der Waals surface area contributed by atoms with Gasteiger partial charge >= 0.3 is 5.97 Å². The molecule has 0 spiro atoms. The van der Waals surface area contributed by atoms with Gasteiger partial charge in [0, 0.05) is 5.56 Å². The fourth-order valence-electron chi connectivity index (χ4n) is 1.30. The minimum absolute atomic E-state index is 0.0373. The molecule has 2 N–H and O–H groups in total. The van der Waals surface area contributed by atoms with E-state index in [2.05, 4.69) is 20.4 Å². The number of nitrogens with zero attached hydrogens (tertiary/aromatic N) is 2. The first-order chi connectivity index (χ1) is 9.60. The molecule has 0 aromatic heterocycles. The molecular formula is C13H15N3O4. The van der Waals surface area contributed by atoms with Crippen LogP contribution in [0.5, 0.6) is 0 Å². The highest BCUT2D eigenvalue weighted by Gasteiger charge is 2.17. The van der Waals surface area contributed by atoms with Gasteiger partial charge < -0.3 is 9.94 Å². The Morgan fingerprint density at radius 2 is 1.95 bits per heavy atom. The summed E-state index contributed by atoms with van der Waals surface area (Å²) in [7, 11) is 0. The van der Waals surface area contributed by atoms with Gasteiger partial charge in [-0.2, -0.15) is 5.10 Å². The molecule has 0 aliphatic rings. The van der Waals surface area contributed by atoms with E-state index in [4.69, 9.17) is 5.21 Å². The number of hydrogen-bond acceptors (Lipinski definition) is 6. The Morgan fingerprint density at radius 1 is 1.30 bits per heavy atom. The summed E-state index contributed by atoms with van der Waals surface area (Å²) < 4.78 is 4.68. The summed E-state index contributed by atoms with van der Waals surface area (Å²) in [6.07, 6.45) is 0. The van der Waals surface area contributed by atoms with E-state index in [1.165, 1.54) is 6.92 Å². The molecule has 20 heavy (non-hydrogen) atoms. The molecule has 0 saturated heterocycles. The number of hydrazone groups is 1. The lowest BCUT2D eigenvalue weighted by molar-refractivity contribution is -0.134. The lowest BCUT2D eigenvalue weighted by Gasteiger charge is -2.04. The van der Waals surface area contributed by atoms with Crippen LogP contribution in [-0.2, 0) is 9.53 Å². The van der Waals surface area contributed by atoms with Gasteiger partial charge in [-0.1, -0.05) is 23.4 Å². The lowest BCUT2D eigenvalue weighted by atomic mass is 10.2. The second-order valence-corrected chi connectivity index (χ2v) is 3.67. The van der Waals surface area contributed by atoms with E-state index < -0.39 is 11.9 Å². The smallest absolute Gasteiger partial charge is 0.362 e. The maximum Gasteiger partial charge on any atom is 0.362 e. The van der Waals surface area contributed by atoms with Crippen molar-refractivity contribution in [3.8, 4) is 0 Å². The summed E-state index contributed by atoms with van der Waals surface area (Å²) >= 11 is 0. The highest BCUT2D eigenvalue weighted by atomic mass is 16.5. The molecule has 1 aromatic carbocycles. The van der Waals surface area contributed by atoms with E-state index >= 15 is 0 Å². The minimum atomic E-state index is -0.815. The average Bonchev–Trinajstić information content (AvgIpc) is 2.46. The van der Waals surface area contributed by atoms with Crippen LogP contribution in [0.4, 0.5) is 0 Å². The Morgan fingerprint density at radius 3 is 2.50 bits per heavy atom. The first-order valence-electron chi connectivity index (χ1n) is 5.89. The SMILES string of the molecule is CCOC(=O)C(=NO)C(C)=NNC(=O)c1ccccc1. The van der Waals surface area contributed by atoms with Crippen LogP contribution >= 0.6 is 0 Å². The first-order valence-corrected chi connectivity index (χ1v) is 5.89. The van der Waals surface area contributed by atoms with Gasteiger partial charge in [-0.05, 0) is 26.0 Å². The number of hydrogen-bond donors (Lipinski definition) is 2. The molecule has 1 aromatic rings. The summed E-state index contributed by atoms with van der Waals surface area (Å²) in [4.78, 5) is 23.1. The van der Waals surface area contributed by atoms with Gasteiger partial charge in [0.1, 0.15) is 0 Å². The molecule has 0 bridgehead atoms. The number of esters is 1. The number of amides is 1. The van der Waals surface area contributed by atoms with Crippen molar-refractivity contribution in [3.05, 3.63) is 35.9 Å². The quantitative estimate of drug-likeness (QED) is 0.365. The highest BCUT2D eigenvalue weighted by Crippen LogP contribution is 1.98. The van der Waals surface area contributed by atoms with Crippen LogP contribution in [0.2, 0.25) is 0 Å². The summed E-state index contributed by atoms with van der Waals surface area (Å²) in [5.41, 5.74) is 2.36. The van der Waals surface area contributed by atoms with Crippen molar-refractivity contribution in [3.63, 3.8) is 0 Å². The molecule has 1 rings (SSSR count). The summed E-state index contributed by atoms with van der Waals surface area (Å²) in [5.74, 6) is -1.25. The van der Waals surface area contributed by atoms with Gasteiger partial charge in [0.05, 0.1) is 12.3 Å². The van der Waals surface area contributed by atoms with Crippen molar-refractivity contribution in [1.82, 2.24) is 5.43 Å². The van der Waals surface area contributed by atoms with Gasteiger partial charge in [0.2, 0.25) is 5.71 Å². The van der Waals surface area contributed by atoms with Crippen molar-refractivity contribution >= 4 is 23.3 Å². The number of oxime groups is 1. The fourth-order valence-corrected chi connectivity index (χ4v) is 1.30. The molecule has 0 heterocycles. The van der Waals surface area contributed by atoms with Crippen LogP contribution in [0.15, 0.2) is 40.6 Å². The Balaban J connectivity index is 2.74. The topological polar surface area (TPSA) is 100 Å². The second-order valence-electron chi connectivity index (χ2n) is 3.67. The molecule has 0 fully saturated rings. The summed E-state index contributed by atoms with van der Waals surface area (Å²) in [5, 5.41) is 15.3. The predicted octanol–water partition coefficient (Wildman–Crippen LogP) is 1.19. The van der Waals surface area contributed by atoms with Crippen molar-refractivity contribution in [1.29, 1.82) is 0 Å². The zero-order valence-electron chi connectivity index (χ0n) is 11.2. The van der Waals surface area contributed by atoms with E-state index in [9.17, 15) is 9.59 Å². The lowest BCUT2D eigenvalue weighted by Crippen LogP contribution is -2.28. The van der Waals surface area contributed by atoms with Crippen LogP contribution in [0.1, 0.15) is 24.2 Å². The van der Waals surface area contributed by atoms with E-state index in [1.807, 2.05) is 0 Å². The summed E-state index contributed by atoms with van der Waals surface area (Å²) in [6, 6.07) is 8.44. The largest absolute Gasteiger partial charge is 0.461 e. The first kappa shape index (κ1) is 15.4. The third kappa shape index (κ3) is 4.20. The van der Waals surface area contributed by atoms with Crippen LogP contribution in [0.3, 0.4) is 0 Å². The maximum absolute atomic E-state index is 11.7. The summed E-state index contributed by atoms with van der Waals surface area (Å²) in [6.45, 7) is 3.18. The molecule has 0 radical (unpaired) electrons. The molecule has 0 aliphatic carbocycles. The third-order valence-corrected chi connectivity index (χ3v) is 2.27. The highest BCUT2D eigenvalue weighted by molar-refractivity contribution is 6.65. The van der Waals surface area contributed by atoms with Gasteiger partial charge in [-0.15, -0.1) is 0 Å². The normalized spacial score (nSPS) is 11.9. The molecule has 0 atom stereocenters. The Bertz CT molecular complexity index is 538. The molecule has 0 saturated carbocycles. The number of nitrogens with one attached hydrogen (secondary N) is 1. The van der Waals surface area contributed by atoms with E-state index in [-0.39, 0.29) is 18.0 Å². The van der Waals surface area contributed by atoms with E-state index in [0.717, 1.165) is 0 Å². The second kappa shape index (κ2) is 7.67. The number of rotatable bonds is 5. The molecule has 0 aliphatic heterocycles. The van der Waals surface area contributed by atoms with Crippen molar-refractivity contribution in [2.75, 3.05) is 6.61 Å². The zero-order chi connectivity index (χ0) is 15.0. The van der Waals surface area contributed by atoms with Crippen molar-refractivity contribution in [2.45, 2.75) is 13.8 Å². The van der Waals surface area contributed by atoms with E-state index in [0.29, 0.717) is 5.56 Å². The Kier molecular flexibility index (Phi) is 5.89. The van der Waals surface area contributed by atoms with E-state index in [1.54, 1.807) is 37.3 Å². The predicted molar refractivity (Wildman–Crippen MR) is 72.9 cm³/mol. The number of carbonyl (C=O) groups excluding carboxylic acids is 2. The van der Waals surface area contributed by atoms with Crippen LogP contribution in [0.25, 0.3) is 0 Å². The van der Waals surface area contributed by atoms with Crippen LogP contribution in [-0.4, -0.2) is 35.1 Å². The average molecular weight is 277 g/mol. The Labute approximate surface area is 115 Å². The molecule has 7 nitrogen and oxygen atoms in total. The van der Waals surface area contributed by atoms with Gasteiger partial charge in [-0.25, -0.2) is 10.2 Å². The Hall–Kier alpha value is -2.70.